The lowest BCUT2D eigenvalue weighted by atomic mass is 10.3. The number of hydrogen-bond donors (Lipinski definition) is 1. The molecule has 0 fully saturated rings. The number of rotatable bonds is 5. The first-order valence-electron chi connectivity index (χ1n) is 7.40. The third kappa shape index (κ3) is 3.29. The van der Waals surface area contributed by atoms with Gasteiger partial charge >= 0.3 is 5.16 Å². The van der Waals surface area contributed by atoms with Gasteiger partial charge in [0.05, 0.1) is 18.1 Å². The Labute approximate surface area is 143 Å². The number of aromatic amines is 1. The summed E-state index contributed by atoms with van der Waals surface area (Å²) < 4.78 is 17.8. The number of H-pyrrole nitrogens is 1. The zero-order valence-electron chi connectivity index (χ0n) is 14.0. The van der Waals surface area contributed by atoms with Gasteiger partial charge in [0.25, 0.3) is 0 Å². The van der Waals surface area contributed by atoms with Crippen LogP contribution in [0.25, 0.3) is 11.0 Å². The topological polar surface area (TPSA) is 90.0 Å². The summed E-state index contributed by atoms with van der Waals surface area (Å²) in [5.74, 6) is 2.27. The number of fused-ring (bicyclic) bond motifs is 1. The highest BCUT2D eigenvalue weighted by Gasteiger charge is 2.20. The fourth-order valence-electron chi connectivity index (χ4n) is 2.37. The molecular formula is C16H19N5O2S. The van der Waals surface area contributed by atoms with E-state index in [0.29, 0.717) is 16.7 Å². The number of imidazole rings is 1. The van der Waals surface area contributed by atoms with Crippen molar-refractivity contribution in [1.29, 1.82) is 0 Å². The monoisotopic (exact) mass is 345 g/mol. The summed E-state index contributed by atoms with van der Waals surface area (Å²) in [4.78, 5) is 18.1. The van der Waals surface area contributed by atoms with Crippen LogP contribution in [0.15, 0.2) is 29.6 Å². The Morgan fingerprint density at radius 2 is 2.08 bits per heavy atom. The molecule has 8 heteroatoms. The Hall–Kier alpha value is -2.32. The average Bonchev–Trinajstić information content (AvgIpc) is 2.99. The molecule has 0 aliphatic rings. The predicted molar refractivity (Wildman–Crippen MR) is 93.9 cm³/mol. The lowest BCUT2D eigenvalue weighted by Crippen LogP contribution is -2.16. The smallest absolute Gasteiger partial charge is 0.322 e. The van der Waals surface area contributed by atoms with Crippen molar-refractivity contribution >= 4 is 28.0 Å². The highest BCUT2D eigenvalue weighted by Crippen LogP contribution is 2.22. The van der Waals surface area contributed by atoms with Gasteiger partial charge in [0.1, 0.15) is 11.6 Å². The fraction of sp³-hybridized carbons (Fsp3) is 0.312. The van der Waals surface area contributed by atoms with Gasteiger partial charge in [-0.2, -0.15) is 4.98 Å². The van der Waals surface area contributed by atoms with E-state index < -0.39 is 11.2 Å². The van der Waals surface area contributed by atoms with E-state index in [1.54, 1.807) is 19.4 Å². The number of hydrogen-bond acceptors (Lipinski definition) is 6. The second-order valence-corrected chi connectivity index (χ2v) is 6.97. The molecule has 3 aromatic rings. The quantitative estimate of drug-likeness (QED) is 0.712. The van der Waals surface area contributed by atoms with Gasteiger partial charge in [-0.05, 0) is 19.1 Å². The van der Waals surface area contributed by atoms with Gasteiger partial charge in [-0.3, -0.25) is 4.98 Å². The lowest BCUT2D eigenvalue weighted by Gasteiger charge is -2.15. The van der Waals surface area contributed by atoms with E-state index in [-0.39, 0.29) is 5.75 Å². The minimum absolute atomic E-state index is 0.206. The van der Waals surface area contributed by atoms with Crippen molar-refractivity contribution < 1.29 is 9.29 Å². The van der Waals surface area contributed by atoms with Crippen molar-refractivity contribution in [2.24, 2.45) is 0 Å². The summed E-state index contributed by atoms with van der Waals surface area (Å²) in [6.07, 6.45) is 1.75. The SMILES string of the molecule is COc1ccc2[nH]c([S+]([O-])Cc3ncc(C)c(N(C)C)n3)nc2c1. The van der Waals surface area contributed by atoms with Crippen molar-refractivity contribution in [3.05, 3.63) is 35.8 Å². The van der Waals surface area contributed by atoms with E-state index in [4.69, 9.17) is 4.74 Å². The summed E-state index contributed by atoms with van der Waals surface area (Å²) in [5, 5.41) is 0.411. The number of nitrogens with zero attached hydrogens (tertiary/aromatic N) is 4. The molecule has 2 heterocycles. The fourth-order valence-corrected chi connectivity index (χ4v) is 3.31. The minimum Gasteiger partial charge on any atom is -0.609 e. The molecule has 0 aliphatic carbocycles. The van der Waals surface area contributed by atoms with Crippen LogP contribution in [-0.2, 0) is 16.9 Å². The molecule has 2 aromatic heterocycles. The van der Waals surface area contributed by atoms with Crippen molar-refractivity contribution in [2.75, 3.05) is 26.1 Å². The molecule has 7 nitrogen and oxygen atoms in total. The maximum absolute atomic E-state index is 12.6. The first-order chi connectivity index (χ1) is 11.5. The van der Waals surface area contributed by atoms with Crippen molar-refractivity contribution in [3.8, 4) is 5.75 Å². The maximum Gasteiger partial charge on any atom is 0.322 e. The van der Waals surface area contributed by atoms with Crippen LogP contribution in [-0.4, -0.2) is 45.7 Å². The van der Waals surface area contributed by atoms with Gasteiger partial charge in [-0.25, -0.2) is 9.97 Å². The van der Waals surface area contributed by atoms with E-state index in [9.17, 15) is 4.55 Å². The first kappa shape index (κ1) is 16.5. The molecule has 1 N–H and O–H groups in total. The van der Waals surface area contributed by atoms with Crippen LogP contribution in [0.1, 0.15) is 11.4 Å². The number of aromatic nitrogens is 4. The number of anilines is 1. The summed E-state index contributed by atoms with van der Waals surface area (Å²) >= 11 is -1.35. The molecule has 0 saturated carbocycles. The number of aryl methyl sites for hydroxylation is 1. The number of benzene rings is 1. The number of ether oxygens (including phenoxy) is 1. The minimum atomic E-state index is -1.35. The Morgan fingerprint density at radius 1 is 1.29 bits per heavy atom. The summed E-state index contributed by atoms with van der Waals surface area (Å²) in [5.41, 5.74) is 2.51. The van der Waals surface area contributed by atoms with Gasteiger partial charge in [0, 0.05) is 43.1 Å². The van der Waals surface area contributed by atoms with Crippen LogP contribution < -0.4 is 9.64 Å². The Balaban J connectivity index is 1.84. The largest absolute Gasteiger partial charge is 0.609 e. The molecule has 0 radical (unpaired) electrons. The Bertz CT molecular complexity index is 865. The molecule has 0 amide bonds. The molecule has 0 aliphatic heterocycles. The molecule has 0 saturated heterocycles. The average molecular weight is 345 g/mol. The van der Waals surface area contributed by atoms with Gasteiger partial charge in [-0.1, -0.05) is 0 Å². The van der Waals surface area contributed by atoms with Gasteiger partial charge in [0.15, 0.2) is 11.6 Å². The normalized spacial score (nSPS) is 12.4. The van der Waals surface area contributed by atoms with Crippen molar-refractivity contribution in [1.82, 2.24) is 19.9 Å². The van der Waals surface area contributed by atoms with E-state index in [0.717, 1.165) is 22.4 Å². The van der Waals surface area contributed by atoms with Crippen LogP contribution in [0.5, 0.6) is 5.75 Å². The van der Waals surface area contributed by atoms with Crippen LogP contribution >= 0.6 is 0 Å². The second-order valence-electron chi connectivity index (χ2n) is 5.60. The second kappa shape index (κ2) is 6.66. The van der Waals surface area contributed by atoms with Crippen LogP contribution in [0.3, 0.4) is 0 Å². The molecule has 0 bridgehead atoms. The molecule has 1 unspecified atom stereocenters. The van der Waals surface area contributed by atoms with Crippen molar-refractivity contribution in [2.45, 2.75) is 17.8 Å². The lowest BCUT2D eigenvalue weighted by molar-refractivity contribution is 0.415. The molecule has 1 aromatic carbocycles. The summed E-state index contributed by atoms with van der Waals surface area (Å²) in [6, 6.07) is 5.49. The van der Waals surface area contributed by atoms with Gasteiger partial charge < -0.3 is 14.2 Å². The van der Waals surface area contributed by atoms with Crippen molar-refractivity contribution in [3.63, 3.8) is 0 Å². The van der Waals surface area contributed by atoms with Crippen LogP contribution in [0, 0.1) is 6.92 Å². The number of methoxy groups -OCH3 is 1. The molecule has 3 rings (SSSR count). The zero-order valence-corrected chi connectivity index (χ0v) is 14.8. The zero-order chi connectivity index (χ0) is 17.3. The van der Waals surface area contributed by atoms with E-state index in [2.05, 4.69) is 19.9 Å². The third-order valence-electron chi connectivity index (χ3n) is 3.56. The highest BCUT2D eigenvalue weighted by molar-refractivity contribution is 7.90. The maximum atomic E-state index is 12.6. The summed E-state index contributed by atoms with van der Waals surface area (Å²) in [7, 11) is 5.44. The van der Waals surface area contributed by atoms with E-state index >= 15 is 0 Å². The summed E-state index contributed by atoms with van der Waals surface area (Å²) in [6.45, 7) is 1.95. The Morgan fingerprint density at radius 3 is 2.79 bits per heavy atom. The predicted octanol–water partition coefficient (Wildman–Crippen LogP) is 2.04. The van der Waals surface area contributed by atoms with E-state index in [1.807, 2.05) is 38.1 Å². The third-order valence-corrected chi connectivity index (χ3v) is 4.71. The highest BCUT2D eigenvalue weighted by atomic mass is 32.2. The molecule has 0 spiro atoms. The Kier molecular flexibility index (Phi) is 4.59. The molecule has 1 atom stereocenters. The van der Waals surface area contributed by atoms with Gasteiger partial charge in [0.2, 0.25) is 0 Å². The molecule has 24 heavy (non-hydrogen) atoms. The standard InChI is InChI=1S/C16H19N5O2S/c1-10-8-17-14(20-15(10)21(2)3)9-24(22)16-18-12-6-5-11(23-4)7-13(12)19-16/h5-8H,9H2,1-4H3,(H,18,19). The molecular weight excluding hydrogens is 326 g/mol. The first-order valence-corrected chi connectivity index (χ1v) is 8.72. The van der Waals surface area contributed by atoms with E-state index in [1.165, 1.54) is 0 Å². The molecule has 126 valence electrons. The van der Waals surface area contributed by atoms with Gasteiger partial charge in [-0.15, -0.1) is 0 Å². The van der Waals surface area contributed by atoms with Crippen LogP contribution in [0.4, 0.5) is 5.82 Å². The van der Waals surface area contributed by atoms with Crippen LogP contribution in [0.2, 0.25) is 0 Å². The number of nitrogens with one attached hydrogen (secondary N) is 1.